The molecule has 0 aliphatic heterocycles. The molecule has 0 heterocycles. The summed E-state index contributed by atoms with van der Waals surface area (Å²) in [5, 5.41) is 4.75. The van der Waals surface area contributed by atoms with Gasteiger partial charge in [0.1, 0.15) is 11.5 Å². The number of hydrogen-bond acceptors (Lipinski definition) is 2. The van der Waals surface area contributed by atoms with Crippen LogP contribution in [0, 0.1) is 0 Å². The topological polar surface area (TPSA) is 18.5 Å². The van der Waals surface area contributed by atoms with Crippen molar-refractivity contribution in [3.05, 3.63) is 73.1 Å². The Kier molecular flexibility index (Phi) is 4.82. The summed E-state index contributed by atoms with van der Waals surface area (Å²) in [6.07, 6.45) is 0. The Balaban J connectivity index is 2.02. The van der Waals surface area contributed by atoms with Gasteiger partial charge in [-0.05, 0) is 84.1 Å². The van der Waals surface area contributed by atoms with Crippen LogP contribution in [-0.4, -0.2) is 16.6 Å². The lowest BCUT2D eigenvalue weighted by atomic mass is 10.0. The van der Waals surface area contributed by atoms with Crippen LogP contribution in [0.1, 0.15) is 0 Å². The molecule has 0 fully saturated rings. The third-order valence-corrected chi connectivity index (χ3v) is 7.97. The molecule has 0 bridgehead atoms. The molecule has 0 spiro atoms. The standard InChI is InChI=1S/C22H26O2Si2/c1-7-25(3,4)23-21-11-9-17-13-18-10-12-22(24-26(5,6)8-2)16-20(18)14-19(17)15-21/h7-16H,1-2H2,3-6H3. The molecule has 4 heteroatoms. The van der Waals surface area contributed by atoms with E-state index in [2.05, 4.69) is 75.7 Å². The Morgan fingerprint density at radius 3 is 1.38 bits per heavy atom. The lowest BCUT2D eigenvalue weighted by molar-refractivity contribution is 0.564. The van der Waals surface area contributed by atoms with E-state index in [0.717, 1.165) is 11.5 Å². The van der Waals surface area contributed by atoms with Gasteiger partial charge in [-0.1, -0.05) is 23.5 Å². The number of hydrogen-bond donors (Lipinski definition) is 0. The molecule has 0 amide bonds. The normalized spacial score (nSPS) is 12.2. The van der Waals surface area contributed by atoms with Crippen molar-refractivity contribution in [2.75, 3.05) is 0 Å². The third-order valence-electron chi connectivity index (χ3n) is 4.48. The highest BCUT2D eigenvalue weighted by molar-refractivity contribution is 6.77. The molecule has 3 aromatic rings. The molecular formula is C22H26O2Si2. The van der Waals surface area contributed by atoms with Crippen LogP contribution in [0.25, 0.3) is 21.5 Å². The second-order valence-corrected chi connectivity index (χ2v) is 15.3. The van der Waals surface area contributed by atoms with Crippen LogP contribution in [-0.2, 0) is 0 Å². The molecule has 0 aromatic heterocycles. The van der Waals surface area contributed by atoms with Gasteiger partial charge in [0.25, 0.3) is 16.6 Å². The molecule has 0 aliphatic carbocycles. The van der Waals surface area contributed by atoms with Crippen LogP contribution in [0.2, 0.25) is 26.2 Å². The summed E-state index contributed by atoms with van der Waals surface area (Å²) in [5.41, 5.74) is 3.90. The average Bonchev–Trinajstić information content (AvgIpc) is 2.59. The van der Waals surface area contributed by atoms with Crippen molar-refractivity contribution in [2.45, 2.75) is 26.2 Å². The van der Waals surface area contributed by atoms with E-state index in [-0.39, 0.29) is 0 Å². The Morgan fingerprint density at radius 2 is 1.00 bits per heavy atom. The molecule has 2 nitrogen and oxygen atoms in total. The van der Waals surface area contributed by atoms with E-state index >= 15 is 0 Å². The van der Waals surface area contributed by atoms with E-state index in [1.165, 1.54) is 21.5 Å². The Labute approximate surface area is 158 Å². The monoisotopic (exact) mass is 378 g/mol. The maximum absolute atomic E-state index is 6.17. The van der Waals surface area contributed by atoms with E-state index in [4.69, 9.17) is 8.85 Å². The van der Waals surface area contributed by atoms with Crippen LogP contribution in [0.4, 0.5) is 0 Å². The molecule has 0 unspecified atom stereocenters. The van der Waals surface area contributed by atoms with Crippen molar-refractivity contribution in [1.82, 2.24) is 0 Å². The molecule has 3 rings (SSSR count). The summed E-state index contributed by atoms with van der Waals surface area (Å²) in [6.45, 7) is 16.3. The van der Waals surface area contributed by atoms with Gasteiger partial charge >= 0.3 is 0 Å². The molecule has 0 radical (unpaired) electrons. The SMILES string of the molecule is C=C[Si](C)(C)Oc1ccc2cc3ccc(O[Si](C)(C)C=C)cc3cc2c1. The minimum Gasteiger partial charge on any atom is -0.540 e. The van der Waals surface area contributed by atoms with E-state index < -0.39 is 16.6 Å². The van der Waals surface area contributed by atoms with Gasteiger partial charge < -0.3 is 8.85 Å². The lowest BCUT2D eigenvalue weighted by Gasteiger charge is -2.21. The van der Waals surface area contributed by atoms with Crippen molar-refractivity contribution in [3.8, 4) is 11.5 Å². The Hall–Kier alpha value is -2.31. The van der Waals surface area contributed by atoms with E-state index in [1.54, 1.807) is 0 Å². The molecule has 0 saturated carbocycles. The highest BCUT2D eigenvalue weighted by Crippen LogP contribution is 2.30. The molecule has 0 saturated heterocycles. The predicted molar refractivity (Wildman–Crippen MR) is 118 cm³/mol. The molecule has 3 aromatic carbocycles. The van der Waals surface area contributed by atoms with Gasteiger partial charge in [0.05, 0.1) is 0 Å². The van der Waals surface area contributed by atoms with Crippen molar-refractivity contribution in [1.29, 1.82) is 0 Å². The number of fused-ring (bicyclic) bond motifs is 2. The van der Waals surface area contributed by atoms with Crippen LogP contribution in [0.5, 0.6) is 11.5 Å². The fraction of sp³-hybridized carbons (Fsp3) is 0.182. The van der Waals surface area contributed by atoms with E-state index in [9.17, 15) is 0 Å². The van der Waals surface area contributed by atoms with Gasteiger partial charge in [0.2, 0.25) is 0 Å². The highest BCUT2D eigenvalue weighted by Gasteiger charge is 2.20. The summed E-state index contributed by atoms with van der Waals surface area (Å²) >= 11 is 0. The second kappa shape index (κ2) is 6.78. The zero-order valence-electron chi connectivity index (χ0n) is 16.0. The van der Waals surface area contributed by atoms with Gasteiger partial charge in [0, 0.05) is 0 Å². The molecule has 134 valence electrons. The molecule has 26 heavy (non-hydrogen) atoms. The predicted octanol–water partition coefficient (Wildman–Crippen LogP) is 6.61. The minimum absolute atomic E-state index is 0.904. The van der Waals surface area contributed by atoms with Gasteiger partial charge in [0.15, 0.2) is 0 Å². The second-order valence-electron chi connectivity index (χ2n) is 7.69. The maximum Gasteiger partial charge on any atom is 0.269 e. The molecular weight excluding hydrogens is 352 g/mol. The first-order valence-electron chi connectivity index (χ1n) is 8.84. The van der Waals surface area contributed by atoms with Gasteiger partial charge in [-0.25, -0.2) is 0 Å². The van der Waals surface area contributed by atoms with Crippen LogP contribution in [0.15, 0.2) is 73.1 Å². The smallest absolute Gasteiger partial charge is 0.269 e. The molecule has 0 N–H and O–H groups in total. The third kappa shape index (κ3) is 4.08. The van der Waals surface area contributed by atoms with Crippen LogP contribution < -0.4 is 8.85 Å². The maximum atomic E-state index is 6.17. The summed E-state index contributed by atoms with van der Waals surface area (Å²) in [5.74, 6) is 1.81. The van der Waals surface area contributed by atoms with Gasteiger partial charge in [-0.15, -0.1) is 13.2 Å². The van der Waals surface area contributed by atoms with Crippen molar-refractivity contribution < 1.29 is 8.85 Å². The van der Waals surface area contributed by atoms with Crippen LogP contribution >= 0.6 is 0 Å². The lowest BCUT2D eigenvalue weighted by Crippen LogP contribution is -2.31. The fourth-order valence-electron chi connectivity index (χ4n) is 2.77. The Morgan fingerprint density at radius 1 is 0.615 bits per heavy atom. The number of benzene rings is 3. The summed E-state index contributed by atoms with van der Waals surface area (Å²) in [4.78, 5) is 0. The van der Waals surface area contributed by atoms with Crippen molar-refractivity contribution in [3.63, 3.8) is 0 Å². The summed E-state index contributed by atoms with van der Waals surface area (Å²) in [7, 11) is -3.72. The quantitative estimate of drug-likeness (QED) is 0.355. The van der Waals surface area contributed by atoms with E-state index in [0.29, 0.717) is 0 Å². The first kappa shape index (κ1) is 18.5. The highest BCUT2D eigenvalue weighted by atomic mass is 28.4. The Bertz CT molecular complexity index is 913. The van der Waals surface area contributed by atoms with Gasteiger partial charge in [-0.2, -0.15) is 0 Å². The largest absolute Gasteiger partial charge is 0.540 e. The fourth-order valence-corrected chi connectivity index (χ4v) is 4.41. The zero-order chi connectivity index (χ0) is 18.9. The number of rotatable bonds is 6. The zero-order valence-corrected chi connectivity index (χ0v) is 18.0. The first-order valence-corrected chi connectivity index (χ1v) is 14.8. The summed E-state index contributed by atoms with van der Waals surface area (Å²) in [6, 6.07) is 17.0. The van der Waals surface area contributed by atoms with Crippen LogP contribution in [0.3, 0.4) is 0 Å². The van der Waals surface area contributed by atoms with E-state index in [1.807, 2.05) is 23.5 Å². The average molecular weight is 379 g/mol. The molecule has 0 aliphatic rings. The van der Waals surface area contributed by atoms with Crippen molar-refractivity contribution >= 4 is 38.2 Å². The van der Waals surface area contributed by atoms with Gasteiger partial charge in [-0.3, -0.25) is 0 Å². The van der Waals surface area contributed by atoms with Crippen molar-refractivity contribution in [2.24, 2.45) is 0 Å². The molecule has 0 atom stereocenters. The minimum atomic E-state index is -1.86. The first-order chi connectivity index (χ1) is 12.2. The summed E-state index contributed by atoms with van der Waals surface area (Å²) < 4.78 is 12.3.